The fraction of sp³-hybridized carbons (Fsp3) is 0.933. The van der Waals surface area contributed by atoms with E-state index in [0.29, 0.717) is 0 Å². The zero-order valence-corrected chi connectivity index (χ0v) is 15.0. The minimum absolute atomic E-state index is 0.764. The van der Waals surface area contributed by atoms with Crippen molar-refractivity contribution in [1.29, 1.82) is 0 Å². The summed E-state index contributed by atoms with van der Waals surface area (Å²) in [4.78, 5) is 11.2. The largest absolute Gasteiger partial charge is 0.477 e. The number of rotatable bonds is 7. The molecule has 0 aromatic heterocycles. The van der Waals surface area contributed by atoms with Gasteiger partial charge in [0.15, 0.2) is 6.29 Å². The maximum absolute atomic E-state index is 11.2. The van der Waals surface area contributed by atoms with Crippen LogP contribution in [0.4, 0.5) is 0 Å². The lowest BCUT2D eigenvalue weighted by Gasteiger charge is -2.44. The minimum Gasteiger partial charge on any atom is -0.477 e. The van der Waals surface area contributed by atoms with Crippen LogP contribution in [0.3, 0.4) is 0 Å². The number of ether oxygens (including phenoxy) is 3. The van der Waals surface area contributed by atoms with Crippen molar-refractivity contribution in [2.75, 3.05) is 13.2 Å². The second-order valence-corrected chi connectivity index (χ2v) is 6.98. The van der Waals surface area contributed by atoms with E-state index in [1.807, 2.05) is 0 Å². The van der Waals surface area contributed by atoms with Gasteiger partial charge in [-0.15, -0.1) is 0 Å². The molecule has 0 saturated carbocycles. The lowest BCUT2D eigenvalue weighted by molar-refractivity contribution is -0.339. The molecule has 2 rings (SSSR count). The van der Waals surface area contributed by atoms with Crippen LogP contribution in [0.25, 0.3) is 0 Å². The molecule has 0 aliphatic carbocycles. The van der Waals surface area contributed by atoms with E-state index in [-0.39, 0.29) is 0 Å². The van der Waals surface area contributed by atoms with Gasteiger partial charge in [-0.1, -0.05) is 0 Å². The average Bonchev–Trinajstić information content (AvgIpc) is 2.68. The maximum Gasteiger partial charge on any atom is 0.364 e. The summed E-state index contributed by atoms with van der Waals surface area (Å²) < 4.78 is 15.1. The number of hydrogen-bond donors (Lipinski definition) is 10. The predicted octanol–water partition coefficient (Wildman–Crippen LogP) is -6.19. The van der Waals surface area contributed by atoms with Crippen LogP contribution in [0.1, 0.15) is 6.42 Å². The van der Waals surface area contributed by atoms with Crippen LogP contribution in [0.15, 0.2) is 0 Å². The molecular formula is C15H26O14. The van der Waals surface area contributed by atoms with Gasteiger partial charge in [0.25, 0.3) is 5.79 Å². The van der Waals surface area contributed by atoms with Gasteiger partial charge >= 0.3 is 5.97 Å². The van der Waals surface area contributed by atoms with Crippen molar-refractivity contribution >= 4 is 5.97 Å². The summed E-state index contributed by atoms with van der Waals surface area (Å²) in [5.74, 6) is -4.83. The highest BCUT2D eigenvalue weighted by Crippen LogP contribution is 2.31. The summed E-state index contributed by atoms with van der Waals surface area (Å²) in [6.45, 7) is -1.76. The van der Waals surface area contributed by atoms with E-state index in [1.54, 1.807) is 0 Å². The van der Waals surface area contributed by atoms with Crippen molar-refractivity contribution in [3.63, 3.8) is 0 Å². The number of carbonyl (C=O) groups is 1. The highest BCUT2D eigenvalue weighted by Gasteiger charge is 2.54. The molecule has 2 saturated heterocycles. The molecule has 0 bridgehead atoms. The number of aliphatic hydroxyl groups is 9. The number of carboxylic acid groups (broad SMARTS) is 1. The van der Waals surface area contributed by atoms with Crippen LogP contribution in [0, 0.1) is 0 Å². The number of carboxylic acids is 1. The molecule has 0 amide bonds. The van der Waals surface area contributed by atoms with Gasteiger partial charge < -0.3 is 65.3 Å². The topological polar surface area (TPSA) is 247 Å². The Balaban J connectivity index is 2.16. The third kappa shape index (κ3) is 4.84. The monoisotopic (exact) mass is 430 g/mol. The molecule has 2 aliphatic rings. The molecule has 0 spiro atoms. The lowest BCUT2D eigenvalue weighted by Crippen LogP contribution is -2.64. The molecule has 11 atom stereocenters. The normalized spacial score (nSPS) is 45.6. The number of aliphatic hydroxyl groups excluding tert-OH is 8. The van der Waals surface area contributed by atoms with Gasteiger partial charge in [0.1, 0.15) is 48.8 Å². The van der Waals surface area contributed by atoms with E-state index in [4.69, 9.17) is 24.4 Å². The number of hydrogen-bond acceptors (Lipinski definition) is 13. The Morgan fingerprint density at radius 3 is 2.21 bits per heavy atom. The molecule has 10 N–H and O–H groups in total. The van der Waals surface area contributed by atoms with Crippen molar-refractivity contribution in [1.82, 2.24) is 0 Å². The Hall–Kier alpha value is -1.01. The first-order valence-electron chi connectivity index (χ1n) is 8.71. The molecule has 14 heteroatoms. The molecule has 0 aromatic rings. The first-order valence-corrected chi connectivity index (χ1v) is 8.71. The van der Waals surface area contributed by atoms with Gasteiger partial charge in [-0.3, -0.25) is 0 Å². The van der Waals surface area contributed by atoms with Gasteiger partial charge in [0.05, 0.1) is 19.3 Å². The Morgan fingerprint density at radius 1 is 1.07 bits per heavy atom. The summed E-state index contributed by atoms with van der Waals surface area (Å²) in [5.41, 5.74) is 0. The van der Waals surface area contributed by atoms with Crippen LogP contribution in [0.5, 0.6) is 0 Å². The first kappa shape index (κ1) is 24.3. The van der Waals surface area contributed by atoms with E-state index >= 15 is 0 Å². The van der Waals surface area contributed by atoms with Crippen molar-refractivity contribution in [2.24, 2.45) is 0 Å². The highest BCUT2D eigenvalue weighted by atomic mass is 16.7. The van der Waals surface area contributed by atoms with Crippen molar-refractivity contribution in [3.05, 3.63) is 0 Å². The summed E-state index contributed by atoms with van der Waals surface area (Å²) >= 11 is 0. The molecule has 0 aromatic carbocycles. The van der Waals surface area contributed by atoms with Gasteiger partial charge in [-0.05, 0) is 0 Å². The van der Waals surface area contributed by atoms with Crippen LogP contribution in [-0.2, 0) is 19.0 Å². The zero-order valence-electron chi connectivity index (χ0n) is 15.0. The van der Waals surface area contributed by atoms with E-state index in [0.717, 1.165) is 0 Å². The molecule has 14 nitrogen and oxygen atoms in total. The van der Waals surface area contributed by atoms with Gasteiger partial charge in [0.2, 0.25) is 0 Å². The van der Waals surface area contributed by atoms with E-state index in [1.165, 1.54) is 0 Å². The standard InChI is InChI=1S/C15H26O14/c16-2-5-8(20)10(22)11(23)13(27-5)28-6(3-17)9(21)12-7(19)4(18)1-15(26,29-12)14(24)25/h4-13,16-23,26H,1-3H2,(H,24,25)/t4-,5+,6+,7+,8-,9+,10-,11+,12+,13+,15-/m0/s1. The molecule has 2 aliphatic heterocycles. The number of aliphatic carboxylic acids is 1. The van der Waals surface area contributed by atoms with Crippen molar-refractivity contribution in [3.8, 4) is 0 Å². The second kappa shape index (κ2) is 9.42. The molecule has 0 radical (unpaired) electrons. The summed E-state index contributed by atoms with van der Waals surface area (Å²) in [7, 11) is 0. The molecular weight excluding hydrogens is 404 g/mol. The second-order valence-electron chi connectivity index (χ2n) is 6.98. The fourth-order valence-corrected chi connectivity index (χ4v) is 3.17. The fourth-order valence-electron chi connectivity index (χ4n) is 3.17. The zero-order chi connectivity index (χ0) is 22.1. The quantitative estimate of drug-likeness (QED) is 0.180. The van der Waals surface area contributed by atoms with E-state index in [2.05, 4.69) is 0 Å². The summed E-state index contributed by atoms with van der Waals surface area (Å²) in [6.07, 6.45) is -18.8. The van der Waals surface area contributed by atoms with Gasteiger partial charge in [0, 0.05) is 6.42 Å². The Labute approximate surface area is 163 Å². The van der Waals surface area contributed by atoms with Crippen LogP contribution in [-0.4, -0.2) is 137 Å². The molecule has 2 heterocycles. The SMILES string of the molecule is O=C(O)[C@]1(O)C[C@H](O)[C@@H](O)[C@H]([C@H](O)[C@@H](CO)O[C@H]2O[C@H](CO)[C@H](O)[C@H](O)[C@H]2O)O1. The maximum atomic E-state index is 11.2. The third-order valence-electron chi connectivity index (χ3n) is 4.94. The first-order chi connectivity index (χ1) is 13.5. The minimum atomic E-state index is -2.94. The summed E-state index contributed by atoms with van der Waals surface area (Å²) in [5, 5.41) is 97.4. The molecule has 0 unspecified atom stereocenters. The van der Waals surface area contributed by atoms with E-state index < -0.39 is 92.6 Å². The smallest absolute Gasteiger partial charge is 0.364 e. The molecule has 29 heavy (non-hydrogen) atoms. The Kier molecular flexibility index (Phi) is 7.88. The Bertz CT molecular complexity index is 559. The molecule has 2 fully saturated rings. The van der Waals surface area contributed by atoms with Crippen molar-refractivity contribution in [2.45, 2.75) is 73.4 Å². The van der Waals surface area contributed by atoms with E-state index in [9.17, 15) is 45.6 Å². The van der Waals surface area contributed by atoms with Crippen LogP contribution in [0.2, 0.25) is 0 Å². The third-order valence-corrected chi connectivity index (χ3v) is 4.94. The van der Waals surface area contributed by atoms with Gasteiger partial charge in [-0.25, -0.2) is 4.79 Å². The van der Waals surface area contributed by atoms with Crippen molar-refractivity contribution < 1.29 is 70.1 Å². The Morgan fingerprint density at radius 2 is 1.69 bits per heavy atom. The lowest BCUT2D eigenvalue weighted by atomic mass is 9.91. The predicted molar refractivity (Wildman–Crippen MR) is 85.8 cm³/mol. The van der Waals surface area contributed by atoms with Gasteiger partial charge in [-0.2, -0.15) is 0 Å². The highest BCUT2D eigenvalue weighted by molar-refractivity contribution is 5.75. The van der Waals surface area contributed by atoms with Crippen LogP contribution >= 0.6 is 0 Å². The molecule has 170 valence electrons. The van der Waals surface area contributed by atoms with Crippen LogP contribution < -0.4 is 0 Å². The average molecular weight is 430 g/mol. The summed E-state index contributed by atoms with van der Waals surface area (Å²) in [6, 6.07) is 0.